The Morgan fingerprint density at radius 3 is 2.68 bits per heavy atom. The highest BCUT2D eigenvalue weighted by molar-refractivity contribution is 8.26. The maximum Gasteiger partial charge on any atom is 0.303 e. The molecule has 0 spiro atoms. The number of thioether (sulfide) groups is 1. The molecule has 2 aliphatic rings. The Labute approximate surface area is 207 Å². The molecule has 2 aliphatic heterocycles. The second-order valence-electron chi connectivity index (χ2n) is 8.41. The van der Waals surface area contributed by atoms with Crippen LogP contribution in [0, 0.1) is 0 Å². The number of carbonyl (C=O) groups excluding carboxylic acids is 1. The summed E-state index contributed by atoms with van der Waals surface area (Å²) in [6.45, 7) is 3.63. The Bertz CT molecular complexity index is 1200. The molecule has 2 aromatic heterocycles. The van der Waals surface area contributed by atoms with E-state index in [9.17, 15) is 14.4 Å². The molecule has 180 valence electrons. The molecule has 0 unspecified atom stereocenters. The molecule has 0 aliphatic carbocycles. The third-order valence-electron chi connectivity index (χ3n) is 5.97. The van der Waals surface area contributed by atoms with Crippen LogP contribution in [0.1, 0.15) is 31.2 Å². The summed E-state index contributed by atoms with van der Waals surface area (Å²) in [5.74, 6) is -0.460. The summed E-state index contributed by atoms with van der Waals surface area (Å²) in [4.78, 5) is 48.3. The summed E-state index contributed by atoms with van der Waals surface area (Å²) in [6.07, 6.45) is 5.36. The monoisotopic (exact) mass is 501 g/mol. The molecule has 2 fully saturated rings. The summed E-state index contributed by atoms with van der Waals surface area (Å²) in [5.41, 5.74) is 0.723. The van der Waals surface area contributed by atoms with Crippen molar-refractivity contribution in [1.29, 1.82) is 0 Å². The SMILES string of the molecule is CN1CCN(c2nc3ccccn3c(=O)c2/C=C2\SC(=S)N(CCCCCC(=O)O)C2=O)CC1. The molecular weight excluding hydrogens is 474 g/mol. The minimum absolute atomic E-state index is 0.117. The van der Waals surface area contributed by atoms with Gasteiger partial charge in [-0.25, -0.2) is 4.98 Å². The van der Waals surface area contributed by atoms with Gasteiger partial charge in [0, 0.05) is 45.3 Å². The molecule has 1 amide bonds. The van der Waals surface area contributed by atoms with Gasteiger partial charge in [0.25, 0.3) is 11.5 Å². The van der Waals surface area contributed by atoms with Gasteiger partial charge in [-0.05, 0) is 38.1 Å². The lowest BCUT2D eigenvalue weighted by atomic mass is 10.2. The standard InChI is InChI=1S/C23H27N5O4S2/c1-25-11-13-26(14-12-25)20-16(21(31)27-9-6-4-7-18(27)24-20)15-17-22(32)28(23(33)34-17)10-5-2-3-8-19(29)30/h4,6-7,9,15H,2-3,5,8,10-14H2,1H3,(H,29,30)/b17-15-. The second-order valence-corrected chi connectivity index (χ2v) is 10.1. The number of rotatable bonds is 8. The van der Waals surface area contributed by atoms with Gasteiger partial charge in [0.05, 0.1) is 10.5 Å². The lowest BCUT2D eigenvalue weighted by Crippen LogP contribution is -2.45. The van der Waals surface area contributed by atoms with Crippen LogP contribution in [0.3, 0.4) is 0 Å². The second kappa shape index (κ2) is 10.7. The first kappa shape index (κ1) is 24.4. The number of pyridine rings is 1. The fraction of sp³-hybridized carbons (Fsp3) is 0.435. The van der Waals surface area contributed by atoms with Gasteiger partial charge in [0.2, 0.25) is 0 Å². The molecule has 4 rings (SSSR count). The smallest absolute Gasteiger partial charge is 0.303 e. The molecule has 9 nitrogen and oxygen atoms in total. The van der Waals surface area contributed by atoms with E-state index in [0.717, 1.165) is 26.2 Å². The molecular formula is C23H27N5O4S2. The average Bonchev–Trinajstić information content (AvgIpc) is 3.08. The van der Waals surface area contributed by atoms with E-state index in [1.54, 1.807) is 24.4 Å². The van der Waals surface area contributed by atoms with Crippen LogP contribution in [-0.2, 0) is 9.59 Å². The van der Waals surface area contributed by atoms with E-state index in [0.29, 0.717) is 52.1 Å². The van der Waals surface area contributed by atoms with Crippen LogP contribution in [0.4, 0.5) is 5.82 Å². The van der Waals surface area contributed by atoms with E-state index in [1.807, 2.05) is 6.07 Å². The number of anilines is 1. The first-order valence-corrected chi connectivity index (χ1v) is 12.5. The van der Waals surface area contributed by atoms with Crippen LogP contribution in [0.25, 0.3) is 11.7 Å². The van der Waals surface area contributed by atoms with Gasteiger partial charge in [0.15, 0.2) is 0 Å². The minimum atomic E-state index is -0.819. The van der Waals surface area contributed by atoms with Gasteiger partial charge < -0.3 is 14.9 Å². The van der Waals surface area contributed by atoms with Crippen LogP contribution < -0.4 is 10.5 Å². The van der Waals surface area contributed by atoms with Crippen molar-refractivity contribution < 1.29 is 14.7 Å². The van der Waals surface area contributed by atoms with Crippen LogP contribution in [-0.4, -0.2) is 80.3 Å². The number of hydrogen-bond donors (Lipinski definition) is 1. The molecule has 1 N–H and O–H groups in total. The molecule has 0 atom stereocenters. The average molecular weight is 502 g/mol. The number of carboxylic acids is 1. The lowest BCUT2D eigenvalue weighted by molar-refractivity contribution is -0.137. The highest BCUT2D eigenvalue weighted by atomic mass is 32.2. The third-order valence-corrected chi connectivity index (χ3v) is 7.35. The van der Waals surface area contributed by atoms with E-state index in [4.69, 9.17) is 22.3 Å². The van der Waals surface area contributed by atoms with Gasteiger partial charge in [-0.2, -0.15) is 0 Å². The minimum Gasteiger partial charge on any atom is -0.481 e. The van der Waals surface area contributed by atoms with Crippen LogP contribution in [0.5, 0.6) is 0 Å². The number of piperazine rings is 1. The number of hydrogen-bond acceptors (Lipinski definition) is 8. The Morgan fingerprint density at radius 2 is 1.94 bits per heavy atom. The molecule has 11 heteroatoms. The summed E-state index contributed by atoms with van der Waals surface area (Å²) >= 11 is 6.62. The van der Waals surface area contributed by atoms with Crippen molar-refractivity contribution in [2.75, 3.05) is 44.7 Å². The van der Waals surface area contributed by atoms with E-state index < -0.39 is 5.97 Å². The molecule has 0 bridgehead atoms. The number of likely N-dealkylation sites (N-methyl/N-ethyl adjacent to an activating group) is 1. The molecule has 0 saturated carbocycles. The lowest BCUT2D eigenvalue weighted by Gasteiger charge is -2.34. The molecule has 2 aromatic rings. The fourth-order valence-corrected chi connectivity index (χ4v) is 5.31. The number of nitrogens with zero attached hydrogens (tertiary/aromatic N) is 5. The van der Waals surface area contributed by atoms with Crippen LogP contribution >= 0.6 is 24.0 Å². The van der Waals surface area contributed by atoms with Gasteiger partial charge in [-0.15, -0.1) is 0 Å². The van der Waals surface area contributed by atoms with Crippen molar-refractivity contribution in [3.63, 3.8) is 0 Å². The van der Waals surface area contributed by atoms with E-state index >= 15 is 0 Å². The van der Waals surface area contributed by atoms with Crippen LogP contribution in [0.2, 0.25) is 0 Å². The van der Waals surface area contributed by atoms with E-state index in [-0.39, 0.29) is 17.9 Å². The Balaban J connectivity index is 1.62. The summed E-state index contributed by atoms with van der Waals surface area (Å²) < 4.78 is 1.94. The number of amides is 1. The Hall–Kier alpha value is -2.76. The van der Waals surface area contributed by atoms with Gasteiger partial charge in [-0.3, -0.25) is 23.7 Å². The van der Waals surface area contributed by atoms with Crippen molar-refractivity contribution in [3.8, 4) is 0 Å². The first-order valence-electron chi connectivity index (χ1n) is 11.3. The Morgan fingerprint density at radius 1 is 1.18 bits per heavy atom. The molecule has 0 aromatic carbocycles. The highest BCUT2D eigenvalue weighted by Gasteiger charge is 2.32. The van der Waals surface area contributed by atoms with Crippen molar-refractivity contribution in [3.05, 3.63) is 45.2 Å². The zero-order valence-electron chi connectivity index (χ0n) is 19.0. The molecule has 0 radical (unpaired) electrons. The van der Waals surface area contributed by atoms with Gasteiger partial charge in [0.1, 0.15) is 15.8 Å². The van der Waals surface area contributed by atoms with E-state index in [1.165, 1.54) is 21.1 Å². The number of unbranched alkanes of at least 4 members (excludes halogenated alkanes) is 2. The third kappa shape index (κ3) is 5.31. The van der Waals surface area contributed by atoms with Crippen molar-refractivity contribution >= 4 is 57.7 Å². The predicted octanol–water partition coefficient (Wildman–Crippen LogP) is 2.29. The normalized spacial score (nSPS) is 18.4. The maximum atomic E-state index is 13.4. The predicted molar refractivity (Wildman–Crippen MR) is 137 cm³/mol. The Kier molecular flexibility index (Phi) is 7.64. The fourth-order valence-electron chi connectivity index (χ4n) is 4.02. The zero-order chi connectivity index (χ0) is 24.2. The number of carbonyl (C=O) groups is 2. The summed E-state index contributed by atoms with van der Waals surface area (Å²) in [5, 5.41) is 8.77. The molecule has 4 heterocycles. The number of fused-ring (bicyclic) bond motifs is 1. The topological polar surface area (TPSA) is 98.5 Å². The number of carboxylic acid groups (broad SMARTS) is 1. The molecule has 34 heavy (non-hydrogen) atoms. The van der Waals surface area contributed by atoms with Gasteiger partial charge in [-0.1, -0.05) is 36.5 Å². The number of aromatic nitrogens is 2. The first-order chi connectivity index (χ1) is 16.3. The largest absolute Gasteiger partial charge is 0.481 e. The summed E-state index contributed by atoms with van der Waals surface area (Å²) in [6, 6.07) is 5.42. The number of thiocarbonyl (C=S) groups is 1. The van der Waals surface area contributed by atoms with E-state index in [2.05, 4.69) is 16.8 Å². The summed E-state index contributed by atoms with van der Waals surface area (Å²) in [7, 11) is 2.06. The molecule has 2 saturated heterocycles. The quantitative estimate of drug-likeness (QED) is 0.332. The number of aliphatic carboxylic acids is 1. The maximum absolute atomic E-state index is 13.4. The zero-order valence-corrected chi connectivity index (χ0v) is 20.6. The van der Waals surface area contributed by atoms with Gasteiger partial charge >= 0.3 is 5.97 Å². The van der Waals surface area contributed by atoms with Crippen molar-refractivity contribution in [1.82, 2.24) is 19.2 Å². The van der Waals surface area contributed by atoms with Crippen molar-refractivity contribution in [2.45, 2.75) is 25.7 Å². The highest BCUT2D eigenvalue weighted by Crippen LogP contribution is 2.34. The van der Waals surface area contributed by atoms with Crippen molar-refractivity contribution in [2.24, 2.45) is 0 Å². The van der Waals surface area contributed by atoms with Crippen LogP contribution in [0.15, 0.2) is 34.1 Å².